The number of benzene rings is 1. The third-order valence-electron chi connectivity index (χ3n) is 2.74. The van der Waals surface area contributed by atoms with Crippen molar-refractivity contribution in [2.24, 2.45) is 5.73 Å². The van der Waals surface area contributed by atoms with E-state index in [1.807, 2.05) is 12.1 Å². The van der Waals surface area contributed by atoms with Crippen LogP contribution in [0.3, 0.4) is 0 Å². The third-order valence-corrected chi connectivity index (χ3v) is 2.74. The van der Waals surface area contributed by atoms with Crippen LogP contribution in [0.15, 0.2) is 18.2 Å². The molecule has 4 nitrogen and oxygen atoms in total. The van der Waals surface area contributed by atoms with E-state index >= 15 is 0 Å². The second kappa shape index (κ2) is 3.64. The van der Waals surface area contributed by atoms with Crippen molar-refractivity contribution in [3.8, 4) is 0 Å². The van der Waals surface area contributed by atoms with Crippen molar-refractivity contribution >= 4 is 5.91 Å². The number of rotatable bonds is 2. The van der Waals surface area contributed by atoms with Crippen LogP contribution in [0, 0.1) is 0 Å². The second-order valence-electron chi connectivity index (χ2n) is 3.87. The smallest absolute Gasteiger partial charge is 0.254 e. The average molecular weight is 206 g/mol. The summed E-state index contributed by atoms with van der Waals surface area (Å²) >= 11 is 0. The van der Waals surface area contributed by atoms with Crippen LogP contribution in [-0.4, -0.2) is 29.6 Å². The average Bonchev–Trinajstić information content (AvgIpc) is 2.54. The van der Waals surface area contributed by atoms with Gasteiger partial charge in [-0.2, -0.15) is 0 Å². The molecule has 3 N–H and O–H groups in total. The monoisotopic (exact) mass is 206 g/mol. The third kappa shape index (κ3) is 1.62. The van der Waals surface area contributed by atoms with Crippen molar-refractivity contribution in [3.63, 3.8) is 0 Å². The van der Waals surface area contributed by atoms with Crippen LogP contribution in [-0.2, 0) is 6.54 Å². The molecule has 1 aromatic carbocycles. The summed E-state index contributed by atoms with van der Waals surface area (Å²) in [6.45, 7) is 0.547. The molecule has 0 aliphatic carbocycles. The van der Waals surface area contributed by atoms with Crippen molar-refractivity contribution in [2.75, 3.05) is 13.7 Å². The van der Waals surface area contributed by atoms with Crippen LogP contribution in [0.1, 0.15) is 27.5 Å². The number of aliphatic hydroxyl groups excluding tert-OH is 1. The Morgan fingerprint density at radius 1 is 1.60 bits per heavy atom. The van der Waals surface area contributed by atoms with E-state index < -0.39 is 6.04 Å². The minimum atomic E-state index is -0.408. The van der Waals surface area contributed by atoms with Crippen LogP contribution in [0.25, 0.3) is 0 Å². The maximum absolute atomic E-state index is 11.7. The van der Waals surface area contributed by atoms with Crippen LogP contribution in [0.5, 0.6) is 0 Å². The molecule has 1 atom stereocenters. The van der Waals surface area contributed by atoms with Crippen molar-refractivity contribution in [1.29, 1.82) is 0 Å². The zero-order chi connectivity index (χ0) is 11.0. The molecule has 1 aliphatic rings. The molecule has 0 saturated heterocycles. The van der Waals surface area contributed by atoms with Crippen LogP contribution in [0.4, 0.5) is 0 Å². The van der Waals surface area contributed by atoms with Gasteiger partial charge < -0.3 is 15.7 Å². The normalized spacial score (nSPS) is 16.7. The molecule has 1 aliphatic heterocycles. The summed E-state index contributed by atoms with van der Waals surface area (Å²) in [5, 5.41) is 8.93. The highest BCUT2D eigenvalue weighted by molar-refractivity contribution is 5.98. The summed E-state index contributed by atoms with van der Waals surface area (Å²) in [7, 11) is 1.77. The number of carbonyl (C=O) groups excluding carboxylic acids is 1. The Hall–Kier alpha value is -1.39. The zero-order valence-corrected chi connectivity index (χ0v) is 8.60. The molecule has 15 heavy (non-hydrogen) atoms. The molecule has 1 heterocycles. The molecule has 0 radical (unpaired) electrons. The van der Waals surface area contributed by atoms with Gasteiger partial charge in [0.2, 0.25) is 0 Å². The summed E-state index contributed by atoms with van der Waals surface area (Å²) in [6, 6.07) is 5.14. The van der Waals surface area contributed by atoms with Gasteiger partial charge in [0.15, 0.2) is 0 Å². The van der Waals surface area contributed by atoms with E-state index in [0.717, 1.165) is 11.1 Å². The zero-order valence-electron chi connectivity index (χ0n) is 8.60. The van der Waals surface area contributed by atoms with Gasteiger partial charge in [0.05, 0.1) is 12.6 Å². The molecular formula is C11H14N2O2. The van der Waals surface area contributed by atoms with Gasteiger partial charge in [-0.15, -0.1) is 0 Å². The Labute approximate surface area is 88.3 Å². The number of nitrogens with two attached hydrogens (primary N) is 1. The van der Waals surface area contributed by atoms with Crippen molar-refractivity contribution in [1.82, 2.24) is 4.90 Å². The SMILES string of the molecule is CN1Cc2ccc(C(N)CO)cc2C1=O. The molecule has 0 spiro atoms. The van der Waals surface area contributed by atoms with Crippen molar-refractivity contribution < 1.29 is 9.90 Å². The van der Waals surface area contributed by atoms with Crippen LogP contribution < -0.4 is 5.73 Å². The number of hydrogen-bond donors (Lipinski definition) is 2. The van der Waals surface area contributed by atoms with E-state index in [0.29, 0.717) is 12.1 Å². The molecule has 1 unspecified atom stereocenters. The topological polar surface area (TPSA) is 66.6 Å². The maximum atomic E-state index is 11.7. The fraction of sp³-hybridized carbons (Fsp3) is 0.364. The summed E-state index contributed by atoms with van der Waals surface area (Å²) in [5.74, 6) is 0.0250. The van der Waals surface area contributed by atoms with E-state index in [1.54, 1.807) is 18.0 Å². The fourth-order valence-electron chi connectivity index (χ4n) is 1.80. The molecule has 80 valence electrons. The van der Waals surface area contributed by atoms with E-state index in [2.05, 4.69) is 0 Å². The molecule has 1 aromatic rings. The van der Waals surface area contributed by atoms with Crippen LogP contribution >= 0.6 is 0 Å². The predicted octanol–water partition coefficient (Wildman–Crippen LogP) is 0.264. The Kier molecular flexibility index (Phi) is 2.46. The summed E-state index contributed by atoms with van der Waals surface area (Å²) < 4.78 is 0. The first-order valence-corrected chi connectivity index (χ1v) is 4.88. The van der Waals surface area contributed by atoms with Crippen LogP contribution in [0.2, 0.25) is 0 Å². The lowest BCUT2D eigenvalue weighted by molar-refractivity contribution is 0.0816. The number of nitrogens with zero attached hydrogens (tertiary/aromatic N) is 1. The number of aliphatic hydroxyl groups is 1. The second-order valence-corrected chi connectivity index (χ2v) is 3.87. The van der Waals surface area contributed by atoms with Gasteiger partial charge in [0, 0.05) is 19.2 Å². The summed E-state index contributed by atoms with van der Waals surface area (Å²) in [4.78, 5) is 13.3. The number of hydrogen-bond acceptors (Lipinski definition) is 3. The van der Waals surface area contributed by atoms with E-state index in [-0.39, 0.29) is 12.5 Å². The summed E-state index contributed by atoms with van der Waals surface area (Å²) in [5.41, 5.74) is 8.23. The van der Waals surface area contributed by atoms with Gasteiger partial charge in [-0.3, -0.25) is 4.79 Å². The Morgan fingerprint density at radius 3 is 3.00 bits per heavy atom. The highest BCUT2D eigenvalue weighted by Gasteiger charge is 2.24. The highest BCUT2D eigenvalue weighted by atomic mass is 16.3. The molecule has 0 saturated carbocycles. The lowest BCUT2D eigenvalue weighted by Gasteiger charge is -2.09. The Bertz CT molecular complexity index is 404. The first kappa shape index (κ1) is 10.1. The largest absolute Gasteiger partial charge is 0.394 e. The van der Waals surface area contributed by atoms with Gasteiger partial charge >= 0.3 is 0 Å². The highest BCUT2D eigenvalue weighted by Crippen LogP contribution is 2.24. The fourth-order valence-corrected chi connectivity index (χ4v) is 1.80. The van der Waals surface area contributed by atoms with E-state index in [4.69, 9.17) is 10.8 Å². The van der Waals surface area contributed by atoms with Gasteiger partial charge in [-0.05, 0) is 17.2 Å². The molecule has 0 aromatic heterocycles. The first-order valence-electron chi connectivity index (χ1n) is 4.88. The quantitative estimate of drug-likeness (QED) is 0.729. The summed E-state index contributed by atoms with van der Waals surface area (Å²) in [6.07, 6.45) is 0. The lowest BCUT2D eigenvalue weighted by atomic mass is 10.0. The van der Waals surface area contributed by atoms with Gasteiger partial charge in [-0.25, -0.2) is 0 Å². The first-order chi connectivity index (χ1) is 7.13. The van der Waals surface area contributed by atoms with E-state index in [1.165, 1.54) is 0 Å². The molecule has 1 amide bonds. The van der Waals surface area contributed by atoms with E-state index in [9.17, 15) is 4.79 Å². The minimum absolute atomic E-state index is 0.0250. The molecule has 0 bridgehead atoms. The number of fused-ring (bicyclic) bond motifs is 1. The Balaban J connectivity index is 2.39. The van der Waals surface area contributed by atoms with Crippen molar-refractivity contribution in [3.05, 3.63) is 34.9 Å². The van der Waals surface area contributed by atoms with Crippen molar-refractivity contribution in [2.45, 2.75) is 12.6 Å². The van der Waals surface area contributed by atoms with Gasteiger partial charge in [-0.1, -0.05) is 12.1 Å². The standard InChI is InChI=1S/C11H14N2O2/c1-13-5-8-3-2-7(10(12)6-14)4-9(8)11(13)15/h2-4,10,14H,5-6,12H2,1H3. The predicted molar refractivity (Wildman–Crippen MR) is 56.3 cm³/mol. The molecule has 0 fully saturated rings. The molecule has 4 heteroatoms. The van der Waals surface area contributed by atoms with Gasteiger partial charge in [0.1, 0.15) is 0 Å². The minimum Gasteiger partial charge on any atom is -0.394 e. The maximum Gasteiger partial charge on any atom is 0.254 e. The van der Waals surface area contributed by atoms with Gasteiger partial charge in [0.25, 0.3) is 5.91 Å². The number of carbonyl (C=O) groups is 1. The molecule has 2 rings (SSSR count). The lowest BCUT2D eigenvalue weighted by Crippen LogP contribution is -2.18. The molecular weight excluding hydrogens is 192 g/mol. The Morgan fingerprint density at radius 2 is 2.33 bits per heavy atom. The number of amides is 1.